The molecule has 0 aliphatic carbocycles. The zero-order chi connectivity index (χ0) is 12.3. The molecule has 0 saturated carbocycles. The highest BCUT2D eigenvalue weighted by Crippen LogP contribution is 2.26. The molecule has 0 amide bonds. The summed E-state index contributed by atoms with van der Waals surface area (Å²) in [5.74, 6) is 1.77. The van der Waals surface area contributed by atoms with E-state index in [9.17, 15) is 0 Å². The number of anilines is 1. The predicted octanol–water partition coefficient (Wildman–Crippen LogP) is 0.380. The molecule has 0 aliphatic rings. The SMILES string of the molecule is COc1ccc(OCc2nnn(C)n2)cc1N. The highest BCUT2D eigenvalue weighted by molar-refractivity contribution is 5.56. The first-order chi connectivity index (χ1) is 8.19. The van der Waals surface area contributed by atoms with Crippen molar-refractivity contribution in [3.8, 4) is 11.5 Å². The van der Waals surface area contributed by atoms with Crippen molar-refractivity contribution in [2.45, 2.75) is 6.61 Å². The molecule has 0 spiro atoms. The van der Waals surface area contributed by atoms with E-state index >= 15 is 0 Å². The smallest absolute Gasteiger partial charge is 0.212 e. The second kappa shape index (κ2) is 4.69. The van der Waals surface area contributed by atoms with Crippen LogP contribution in [0.1, 0.15) is 5.82 Å². The topological polar surface area (TPSA) is 88.1 Å². The Kier molecular flexibility index (Phi) is 3.08. The number of nitrogens with two attached hydrogens (primary N) is 1. The van der Waals surface area contributed by atoms with Crippen molar-refractivity contribution in [2.24, 2.45) is 7.05 Å². The molecule has 1 aromatic carbocycles. The Hall–Kier alpha value is -2.31. The molecule has 0 atom stereocenters. The van der Waals surface area contributed by atoms with Crippen LogP contribution in [-0.4, -0.2) is 27.3 Å². The Balaban J connectivity index is 2.02. The van der Waals surface area contributed by atoms with Crippen LogP contribution in [0.2, 0.25) is 0 Å². The lowest BCUT2D eigenvalue weighted by Gasteiger charge is -2.07. The molecule has 0 fully saturated rings. The number of tetrazole rings is 1. The summed E-state index contributed by atoms with van der Waals surface area (Å²) in [6.07, 6.45) is 0. The lowest BCUT2D eigenvalue weighted by Crippen LogP contribution is -2.00. The van der Waals surface area contributed by atoms with E-state index in [0.29, 0.717) is 23.0 Å². The van der Waals surface area contributed by atoms with Crippen molar-refractivity contribution in [3.05, 3.63) is 24.0 Å². The molecule has 90 valence electrons. The number of hydrogen-bond donors (Lipinski definition) is 1. The molecule has 7 nitrogen and oxygen atoms in total. The van der Waals surface area contributed by atoms with Gasteiger partial charge in [-0.25, -0.2) is 0 Å². The van der Waals surface area contributed by atoms with Gasteiger partial charge in [0.25, 0.3) is 0 Å². The van der Waals surface area contributed by atoms with E-state index in [-0.39, 0.29) is 6.61 Å². The van der Waals surface area contributed by atoms with Gasteiger partial charge in [-0.05, 0) is 17.3 Å². The van der Waals surface area contributed by atoms with Crippen LogP contribution in [0, 0.1) is 0 Å². The fraction of sp³-hybridized carbons (Fsp3) is 0.300. The van der Waals surface area contributed by atoms with Gasteiger partial charge in [-0.3, -0.25) is 0 Å². The maximum absolute atomic E-state index is 5.75. The van der Waals surface area contributed by atoms with Gasteiger partial charge in [-0.1, -0.05) is 0 Å². The first-order valence-corrected chi connectivity index (χ1v) is 4.98. The first kappa shape index (κ1) is 11.2. The van der Waals surface area contributed by atoms with Crippen LogP contribution in [0.5, 0.6) is 11.5 Å². The quantitative estimate of drug-likeness (QED) is 0.771. The van der Waals surface area contributed by atoms with E-state index < -0.39 is 0 Å². The van der Waals surface area contributed by atoms with Gasteiger partial charge in [0.2, 0.25) is 5.82 Å². The third-order valence-electron chi connectivity index (χ3n) is 2.12. The van der Waals surface area contributed by atoms with Gasteiger partial charge >= 0.3 is 0 Å². The maximum atomic E-state index is 5.75. The summed E-state index contributed by atoms with van der Waals surface area (Å²) >= 11 is 0. The van der Waals surface area contributed by atoms with Crippen LogP contribution in [-0.2, 0) is 13.7 Å². The van der Waals surface area contributed by atoms with Gasteiger partial charge in [0, 0.05) is 6.07 Å². The molecular weight excluding hydrogens is 222 g/mol. The fourth-order valence-electron chi connectivity index (χ4n) is 1.33. The maximum Gasteiger partial charge on any atom is 0.212 e. The average Bonchev–Trinajstić information content (AvgIpc) is 2.73. The Bertz CT molecular complexity index is 511. The molecule has 0 unspecified atom stereocenters. The zero-order valence-electron chi connectivity index (χ0n) is 9.62. The molecule has 0 aliphatic heterocycles. The highest BCUT2D eigenvalue weighted by Gasteiger charge is 2.04. The minimum absolute atomic E-state index is 0.250. The molecule has 0 bridgehead atoms. The van der Waals surface area contributed by atoms with Crippen LogP contribution >= 0.6 is 0 Å². The van der Waals surface area contributed by atoms with Crippen molar-refractivity contribution >= 4 is 5.69 Å². The summed E-state index contributed by atoms with van der Waals surface area (Å²) in [5.41, 5.74) is 6.28. The number of benzene rings is 1. The summed E-state index contributed by atoms with van der Waals surface area (Å²) in [6, 6.07) is 5.20. The summed E-state index contributed by atoms with van der Waals surface area (Å²) in [6.45, 7) is 0.250. The van der Waals surface area contributed by atoms with Crippen molar-refractivity contribution < 1.29 is 9.47 Å². The number of rotatable bonds is 4. The molecule has 0 saturated heterocycles. The van der Waals surface area contributed by atoms with Gasteiger partial charge in [0.05, 0.1) is 19.8 Å². The van der Waals surface area contributed by atoms with Gasteiger partial charge in [-0.15, -0.1) is 10.2 Å². The lowest BCUT2D eigenvalue weighted by molar-refractivity contribution is 0.295. The van der Waals surface area contributed by atoms with Crippen LogP contribution in [0.4, 0.5) is 5.69 Å². The number of methoxy groups -OCH3 is 1. The Morgan fingerprint density at radius 1 is 1.41 bits per heavy atom. The lowest BCUT2D eigenvalue weighted by atomic mass is 10.3. The van der Waals surface area contributed by atoms with Crippen molar-refractivity contribution in [3.63, 3.8) is 0 Å². The van der Waals surface area contributed by atoms with E-state index in [4.69, 9.17) is 15.2 Å². The minimum atomic E-state index is 0.250. The third-order valence-corrected chi connectivity index (χ3v) is 2.12. The van der Waals surface area contributed by atoms with E-state index in [2.05, 4.69) is 15.4 Å². The summed E-state index contributed by atoms with van der Waals surface area (Å²) in [7, 11) is 3.26. The summed E-state index contributed by atoms with van der Waals surface area (Å²) in [4.78, 5) is 1.38. The van der Waals surface area contributed by atoms with Gasteiger partial charge in [0.15, 0.2) is 6.61 Å². The molecule has 2 rings (SSSR count). The van der Waals surface area contributed by atoms with Gasteiger partial charge < -0.3 is 15.2 Å². The molecule has 17 heavy (non-hydrogen) atoms. The zero-order valence-corrected chi connectivity index (χ0v) is 9.62. The first-order valence-electron chi connectivity index (χ1n) is 4.98. The Morgan fingerprint density at radius 2 is 2.24 bits per heavy atom. The number of nitrogen functional groups attached to an aromatic ring is 1. The second-order valence-corrected chi connectivity index (χ2v) is 3.39. The number of aromatic nitrogens is 4. The number of hydrogen-bond acceptors (Lipinski definition) is 6. The van der Waals surface area contributed by atoms with Crippen molar-refractivity contribution in [1.82, 2.24) is 20.2 Å². The molecule has 2 aromatic rings. The molecule has 7 heteroatoms. The number of ether oxygens (including phenoxy) is 2. The Morgan fingerprint density at radius 3 is 2.82 bits per heavy atom. The monoisotopic (exact) mass is 235 g/mol. The van der Waals surface area contributed by atoms with Crippen LogP contribution in [0.3, 0.4) is 0 Å². The summed E-state index contributed by atoms with van der Waals surface area (Å²) < 4.78 is 10.5. The van der Waals surface area contributed by atoms with E-state index in [1.165, 1.54) is 4.80 Å². The van der Waals surface area contributed by atoms with Crippen LogP contribution in [0.15, 0.2) is 18.2 Å². The fourth-order valence-corrected chi connectivity index (χ4v) is 1.33. The van der Waals surface area contributed by atoms with Crippen molar-refractivity contribution in [2.75, 3.05) is 12.8 Å². The Labute approximate surface area is 98.1 Å². The third kappa shape index (κ3) is 2.63. The highest BCUT2D eigenvalue weighted by atomic mass is 16.5. The van der Waals surface area contributed by atoms with Crippen LogP contribution < -0.4 is 15.2 Å². The van der Waals surface area contributed by atoms with Crippen molar-refractivity contribution in [1.29, 1.82) is 0 Å². The molecular formula is C10H13N5O2. The van der Waals surface area contributed by atoms with Crippen LogP contribution in [0.25, 0.3) is 0 Å². The molecule has 0 radical (unpaired) electrons. The summed E-state index contributed by atoms with van der Waals surface area (Å²) in [5, 5.41) is 11.5. The number of aryl methyl sites for hydroxylation is 1. The molecule has 2 N–H and O–H groups in total. The van der Waals surface area contributed by atoms with Gasteiger partial charge in [0.1, 0.15) is 11.5 Å². The minimum Gasteiger partial charge on any atom is -0.495 e. The molecule has 1 heterocycles. The second-order valence-electron chi connectivity index (χ2n) is 3.39. The molecule has 1 aromatic heterocycles. The van der Waals surface area contributed by atoms with E-state index in [1.807, 2.05) is 0 Å². The van der Waals surface area contributed by atoms with E-state index in [0.717, 1.165) is 0 Å². The van der Waals surface area contributed by atoms with Gasteiger partial charge in [-0.2, -0.15) is 4.80 Å². The normalized spacial score (nSPS) is 10.2. The largest absolute Gasteiger partial charge is 0.495 e. The standard InChI is InChI=1S/C10H13N5O2/c1-15-13-10(12-14-15)6-17-7-3-4-9(16-2)8(11)5-7/h3-5H,6,11H2,1-2H3. The average molecular weight is 235 g/mol. The predicted molar refractivity (Wildman–Crippen MR) is 60.5 cm³/mol. The van der Waals surface area contributed by atoms with E-state index in [1.54, 1.807) is 32.4 Å². The number of nitrogens with zero attached hydrogens (tertiary/aromatic N) is 4.